The average Bonchev–Trinajstić information content (AvgIpc) is 3.31. The molecule has 0 atom stereocenters. The predicted molar refractivity (Wildman–Crippen MR) is 85.5 cm³/mol. The van der Waals surface area contributed by atoms with Crippen LogP contribution >= 0.6 is 12.2 Å². The van der Waals surface area contributed by atoms with Gasteiger partial charge in [-0.1, -0.05) is 0 Å². The van der Waals surface area contributed by atoms with Gasteiger partial charge in [-0.2, -0.15) is 0 Å². The van der Waals surface area contributed by atoms with Gasteiger partial charge in [0.05, 0.1) is 7.11 Å². The van der Waals surface area contributed by atoms with Crippen molar-refractivity contribution in [3.63, 3.8) is 0 Å². The first-order valence-corrected chi connectivity index (χ1v) is 7.61. The van der Waals surface area contributed by atoms with E-state index in [0.717, 1.165) is 37.0 Å². The van der Waals surface area contributed by atoms with Crippen LogP contribution in [0.5, 0.6) is 5.75 Å². The van der Waals surface area contributed by atoms with E-state index >= 15 is 0 Å². The van der Waals surface area contributed by atoms with Crippen molar-refractivity contribution in [1.82, 2.24) is 10.2 Å². The van der Waals surface area contributed by atoms with Crippen LogP contribution in [0.4, 0.5) is 5.69 Å². The molecule has 1 aliphatic heterocycles. The first-order valence-electron chi connectivity index (χ1n) is 7.21. The molecule has 1 aliphatic carbocycles. The molecule has 1 saturated heterocycles. The summed E-state index contributed by atoms with van der Waals surface area (Å²) in [6, 6.07) is 8.91. The number of ether oxygens (including phenoxy) is 1. The van der Waals surface area contributed by atoms with Gasteiger partial charge in [-0.05, 0) is 49.3 Å². The molecule has 108 valence electrons. The third-order valence-electron chi connectivity index (χ3n) is 3.91. The van der Waals surface area contributed by atoms with Crippen LogP contribution in [0.25, 0.3) is 0 Å². The number of nitrogens with zero attached hydrogens (tertiary/aromatic N) is 2. The summed E-state index contributed by atoms with van der Waals surface area (Å²) in [5.41, 5.74) is 1.26. The Morgan fingerprint density at radius 2 is 1.80 bits per heavy atom. The van der Waals surface area contributed by atoms with E-state index < -0.39 is 0 Å². The molecule has 0 unspecified atom stereocenters. The van der Waals surface area contributed by atoms with Crippen LogP contribution in [-0.2, 0) is 0 Å². The first-order chi connectivity index (χ1) is 9.76. The molecule has 0 aromatic heterocycles. The minimum Gasteiger partial charge on any atom is -0.497 e. The van der Waals surface area contributed by atoms with E-state index in [0.29, 0.717) is 6.04 Å². The third kappa shape index (κ3) is 3.15. The molecule has 1 heterocycles. The molecule has 0 spiro atoms. The van der Waals surface area contributed by atoms with Gasteiger partial charge in [0.25, 0.3) is 0 Å². The lowest BCUT2D eigenvalue weighted by atomic mass is 10.2. The van der Waals surface area contributed by atoms with Crippen LogP contribution < -0.4 is 15.0 Å². The van der Waals surface area contributed by atoms with Crippen molar-refractivity contribution < 1.29 is 4.74 Å². The van der Waals surface area contributed by atoms with E-state index in [4.69, 9.17) is 17.0 Å². The second-order valence-corrected chi connectivity index (χ2v) is 5.78. The molecule has 1 aromatic carbocycles. The van der Waals surface area contributed by atoms with Crippen molar-refractivity contribution in [3.05, 3.63) is 24.3 Å². The number of nitrogens with one attached hydrogen (secondary N) is 1. The summed E-state index contributed by atoms with van der Waals surface area (Å²) in [5.74, 6) is 0.905. The topological polar surface area (TPSA) is 27.7 Å². The molecule has 3 rings (SSSR count). The molecule has 1 N–H and O–H groups in total. The zero-order valence-electron chi connectivity index (χ0n) is 11.8. The van der Waals surface area contributed by atoms with E-state index in [1.807, 2.05) is 12.1 Å². The molecule has 4 nitrogen and oxygen atoms in total. The lowest BCUT2D eigenvalue weighted by Crippen LogP contribution is -2.52. The van der Waals surface area contributed by atoms with Crippen LogP contribution in [0, 0.1) is 0 Å². The quantitative estimate of drug-likeness (QED) is 0.858. The largest absolute Gasteiger partial charge is 0.497 e. The molecular formula is C15H21N3OS. The lowest BCUT2D eigenvalue weighted by molar-refractivity contribution is 0.379. The molecule has 1 aromatic rings. The van der Waals surface area contributed by atoms with Crippen LogP contribution in [0.15, 0.2) is 24.3 Å². The van der Waals surface area contributed by atoms with Gasteiger partial charge in [0.2, 0.25) is 0 Å². The Bertz CT molecular complexity index is 465. The molecular weight excluding hydrogens is 270 g/mol. The predicted octanol–water partition coefficient (Wildman–Crippen LogP) is 1.85. The van der Waals surface area contributed by atoms with Gasteiger partial charge in [0.1, 0.15) is 5.75 Å². The number of anilines is 1. The monoisotopic (exact) mass is 291 g/mol. The van der Waals surface area contributed by atoms with Crippen LogP contribution in [-0.4, -0.2) is 49.3 Å². The summed E-state index contributed by atoms with van der Waals surface area (Å²) in [4.78, 5) is 4.68. The average molecular weight is 291 g/mol. The number of rotatable bonds is 3. The van der Waals surface area contributed by atoms with Crippen LogP contribution in [0.3, 0.4) is 0 Å². The second-order valence-electron chi connectivity index (χ2n) is 5.40. The van der Waals surface area contributed by atoms with Gasteiger partial charge < -0.3 is 19.9 Å². The van der Waals surface area contributed by atoms with Crippen molar-refractivity contribution in [2.75, 3.05) is 38.2 Å². The van der Waals surface area contributed by atoms with Gasteiger partial charge >= 0.3 is 0 Å². The van der Waals surface area contributed by atoms with E-state index in [2.05, 4.69) is 27.2 Å². The SMILES string of the molecule is COc1ccc(N2CCN(C(=S)NC3CC3)CC2)cc1. The van der Waals surface area contributed by atoms with Gasteiger partial charge in [0.15, 0.2) is 5.11 Å². The van der Waals surface area contributed by atoms with Crippen LogP contribution in [0.1, 0.15) is 12.8 Å². The molecule has 5 heteroatoms. The molecule has 0 amide bonds. The highest BCUT2D eigenvalue weighted by Crippen LogP contribution is 2.21. The summed E-state index contributed by atoms with van der Waals surface area (Å²) in [6.45, 7) is 4.01. The minimum atomic E-state index is 0.641. The summed E-state index contributed by atoms with van der Waals surface area (Å²) < 4.78 is 5.20. The molecule has 2 aliphatic rings. The van der Waals surface area contributed by atoms with E-state index in [9.17, 15) is 0 Å². The highest BCUT2D eigenvalue weighted by molar-refractivity contribution is 7.80. The van der Waals surface area contributed by atoms with E-state index in [1.165, 1.54) is 18.5 Å². The summed E-state index contributed by atoms with van der Waals surface area (Å²) in [5, 5.41) is 4.35. The summed E-state index contributed by atoms with van der Waals surface area (Å²) >= 11 is 5.46. The van der Waals surface area contributed by atoms with Crippen molar-refractivity contribution in [2.24, 2.45) is 0 Å². The maximum Gasteiger partial charge on any atom is 0.169 e. The first kappa shape index (κ1) is 13.5. The fraction of sp³-hybridized carbons (Fsp3) is 0.533. The smallest absolute Gasteiger partial charge is 0.169 e. The Kier molecular flexibility index (Phi) is 3.96. The zero-order chi connectivity index (χ0) is 13.9. The Labute approximate surface area is 125 Å². The van der Waals surface area contributed by atoms with E-state index in [-0.39, 0.29) is 0 Å². The number of benzene rings is 1. The molecule has 2 fully saturated rings. The van der Waals surface area contributed by atoms with E-state index in [1.54, 1.807) is 7.11 Å². The Balaban J connectivity index is 1.53. The summed E-state index contributed by atoms with van der Waals surface area (Å²) in [7, 11) is 1.70. The second kappa shape index (κ2) is 5.87. The molecule has 0 radical (unpaired) electrons. The van der Waals surface area contributed by atoms with Gasteiger partial charge in [-0.25, -0.2) is 0 Å². The lowest BCUT2D eigenvalue weighted by Gasteiger charge is -2.37. The van der Waals surface area contributed by atoms with Crippen LogP contribution in [0.2, 0.25) is 0 Å². The van der Waals surface area contributed by atoms with Crippen molar-refractivity contribution in [1.29, 1.82) is 0 Å². The van der Waals surface area contributed by atoms with Crippen molar-refractivity contribution >= 4 is 23.0 Å². The normalized spacial score (nSPS) is 18.9. The van der Waals surface area contributed by atoms with Gasteiger partial charge in [-0.3, -0.25) is 0 Å². The maximum atomic E-state index is 5.46. The third-order valence-corrected chi connectivity index (χ3v) is 4.29. The molecule has 0 bridgehead atoms. The highest BCUT2D eigenvalue weighted by Gasteiger charge is 2.25. The summed E-state index contributed by atoms with van der Waals surface area (Å²) in [6.07, 6.45) is 2.54. The Morgan fingerprint density at radius 3 is 2.35 bits per heavy atom. The maximum absolute atomic E-state index is 5.46. The number of hydrogen-bond acceptors (Lipinski definition) is 3. The number of thiocarbonyl (C=S) groups is 1. The molecule has 1 saturated carbocycles. The number of methoxy groups -OCH3 is 1. The Hall–Kier alpha value is -1.49. The fourth-order valence-corrected chi connectivity index (χ4v) is 2.80. The minimum absolute atomic E-state index is 0.641. The highest BCUT2D eigenvalue weighted by atomic mass is 32.1. The fourth-order valence-electron chi connectivity index (χ4n) is 2.45. The van der Waals surface area contributed by atoms with Gasteiger partial charge in [0, 0.05) is 37.9 Å². The molecule has 20 heavy (non-hydrogen) atoms. The van der Waals surface area contributed by atoms with Gasteiger partial charge in [-0.15, -0.1) is 0 Å². The Morgan fingerprint density at radius 1 is 1.15 bits per heavy atom. The zero-order valence-corrected chi connectivity index (χ0v) is 12.7. The number of piperazine rings is 1. The standard InChI is InChI=1S/C15H21N3OS/c1-19-14-6-4-13(5-7-14)17-8-10-18(11-9-17)15(20)16-12-2-3-12/h4-7,12H,2-3,8-11H2,1H3,(H,16,20). The number of hydrogen-bond donors (Lipinski definition) is 1. The van der Waals surface area contributed by atoms with Crippen molar-refractivity contribution in [3.8, 4) is 5.75 Å². The van der Waals surface area contributed by atoms with Crippen molar-refractivity contribution in [2.45, 2.75) is 18.9 Å².